The smallest absolute Gasteiger partial charge is 0.336 e. The lowest BCUT2D eigenvalue weighted by atomic mass is 10.1. The van der Waals surface area contributed by atoms with Gasteiger partial charge in [0.1, 0.15) is 6.04 Å². The van der Waals surface area contributed by atoms with Crippen LogP contribution in [0.2, 0.25) is 5.04 Å². The molecule has 1 atom stereocenters. The second kappa shape index (κ2) is 12.8. The van der Waals surface area contributed by atoms with Gasteiger partial charge < -0.3 is 9.96 Å². The first-order chi connectivity index (χ1) is 18.5. The standard InChI is InChI=1S/C30H37N3O4SSi/c1-6-13-27(32-31)29(34)28(33-38(35,36)24-20-18-23(2)19-21-24)22-37-39(30(3,4)5,25-14-9-7-10-15-25)26-16-11-8-12-17-26/h7-12,14-21,28,33H,6,13,22H2,1-5H3/t28-/m0/s1. The van der Waals surface area contributed by atoms with Crippen LogP contribution >= 0.6 is 0 Å². The molecule has 3 rings (SSSR count). The third kappa shape index (κ3) is 6.87. The second-order valence-corrected chi connectivity index (χ2v) is 16.6. The van der Waals surface area contributed by atoms with E-state index in [2.05, 4.69) is 30.3 Å². The molecule has 0 spiro atoms. The van der Waals surface area contributed by atoms with Crippen LogP contribution in [0.3, 0.4) is 0 Å². The Bertz CT molecular complexity index is 1380. The molecule has 0 amide bonds. The number of sulfonamides is 1. The Kier molecular flexibility index (Phi) is 9.93. The number of ketones is 1. The molecule has 1 N–H and O–H groups in total. The number of nitrogens with one attached hydrogen (secondary N) is 1. The fraction of sp³-hybridized carbons (Fsp3) is 0.333. The Morgan fingerprint density at radius 1 is 0.949 bits per heavy atom. The summed E-state index contributed by atoms with van der Waals surface area (Å²) in [4.78, 5) is 16.8. The average molecular weight is 564 g/mol. The first kappa shape index (κ1) is 30.3. The van der Waals surface area contributed by atoms with Crippen molar-refractivity contribution in [3.05, 3.63) is 96.0 Å². The molecule has 0 aliphatic carbocycles. The van der Waals surface area contributed by atoms with E-state index in [0.717, 1.165) is 15.9 Å². The van der Waals surface area contributed by atoms with Gasteiger partial charge in [0, 0.05) is 0 Å². The summed E-state index contributed by atoms with van der Waals surface area (Å²) in [6.45, 7) is 9.78. The van der Waals surface area contributed by atoms with Crippen molar-refractivity contribution in [3.8, 4) is 0 Å². The zero-order chi connectivity index (χ0) is 28.7. The largest absolute Gasteiger partial charge is 0.405 e. The maximum absolute atomic E-state index is 13.6. The molecule has 9 heteroatoms. The Hall–Kier alpha value is -3.20. The normalized spacial score (nSPS) is 12.9. The minimum Gasteiger partial charge on any atom is -0.405 e. The molecule has 0 saturated carbocycles. The first-order valence-corrected chi connectivity index (χ1v) is 16.4. The summed E-state index contributed by atoms with van der Waals surface area (Å²) in [5, 5.41) is 1.62. The maximum atomic E-state index is 13.6. The van der Waals surface area contributed by atoms with Crippen LogP contribution in [-0.4, -0.2) is 45.7 Å². The van der Waals surface area contributed by atoms with Crippen molar-refractivity contribution in [1.82, 2.24) is 4.72 Å². The highest BCUT2D eigenvalue weighted by Gasteiger charge is 2.51. The van der Waals surface area contributed by atoms with Gasteiger partial charge in [0.2, 0.25) is 10.0 Å². The summed E-state index contributed by atoms with van der Waals surface area (Å²) in [6.07, 6.45) is 0.759. The van der Waals surface area contributed by atoms with Gasteiger partial charge in [0.05, 0.1) is 17.9 Å². The Morgan fingerprint density at radius 3 is 1.90 bits per heavy atom. The van der Waals surface area contributed by atoms with E-state index in [1.54, 1.807) is 12.1 Å². The lowest BCUT2D eigenvalue weighted by Gasteiger charge is -2.43. The third-order valence-electron chi connectivity index (χ3n) is 6.72. The molecular weight excluding hydrogens is 527 g/mol. The molecule has 0 fully saturated rings. The number of carbonyl (C=O) groups excluding carboxylic acids is 1. The Morgan fingerprint density at radius 2 is 1.46 bits per heavy atom. The van der Waals surface area contributed by atoms with Gasteiger partial charge in [-0.15, -0.1) is 0 Å². The van der Waals surface area contributed by atoms with Crippen molar-refractivity contribution in [2.45, 2.75) is 63.4 Å². The third-order valence-corrected chi connectivity index (χ3v) is 13.2. The number of nitrogens with zero attached hydrogens (tertiary/aromatic N) is 2. The van der Waals surface area contributed by atoms with Crippen LogP contribution in [0.5, 0.6) is 0 Å². The lowest BCUT2D eigenvalue weighted by Crippen LogP contribution is -2.67. The van der Waals surface area contributed by atoms with Crippen LogP contribution < -0.4 is 15.1 Å². The molecule has 0 saturated heterocycles. The van der Waals surface area contributed by atoms with Crippen LogP contribution in [0.4, 0.5) is 0 Å². The van der Waals surface area contributed by atoms with E-state index in [-0.39, 0.29) is 28.7 Å². The van der Waals surface area contributed by atoms with E-state index in [9.17, 15) is 18.7 Å². The highest BCUT2D eigenvalue weighted by molar-refractivity contribution is 7.89. The summed E-state index contributed by atoms with van der Waals surface area (Å²) >= 11 is 0. The number of hydrogen-bond donors (Lipinski definition) is 1. The minimum atomic E-state index is -4.08. The van der Waals surface area contributed by atoms with Gasteiger partial charge in [-0.1, -0.05) is 106 Å². The zero-order valence-electron chi connectivity index (χ0n) is 23.2. The van der Waals surface area contributed by atoms with E-state index in [4.69, 9.17) is 4.43 Å². The van der Waals surface area contributed by atoms with Gasteiger partial charge in [-0.05, 0) is 40.9 Å². The molecule has 7 nitrogen and oxygen atoms in total. The molecule has 0 radical (unpaired) electrons. The highest BCUT2D eigenvalue weighted by Crippen LogP contribution is 2.36. The van der Waals surface area contributed by atoms with E-state index in [0.29, 0.717) is 6.42 Å². The van der Waals surface area contributed by atoms with E-state index < -0.39 is 30.2 Å². The quantitative estimate of drug-likeness (QED) is 0.154. The number of Topliss-reactive ketones (excluding diaryl/α,β-unsaturated/α-hetero) is 1. The van der Waals surface area contributed by atoms with Gasteiger partial charge in [-0.2, -0.15) is 9.51 Å². The number of benzene rings is 3. The topological polar surface area (TPSA) is 109 Å². The van der Waals surface area contributed by atoms with Gasteiger partial charge >= 0.3 is 5.71 Å². The van der Waals surface area contributed by atoms with Crippen LogP contribution in [-0.2, 0) is 19.2 Å². The molecule has 0 heterocycles. The lowest BCUT2D eigenvalue weighted by molar-refractivity contribution is -0.119. The van der Waals surface area contributed by atoms with Gasteiger partial charge in [-0.25, -0.2) is 8.42 Å². The SMILES string of the molecule is CCCC(=[N+]=[N-])C(=O)[C@H](CO[Si](c1ccccc1)(c1ccccc1)C(C)(C)C)NS(=O)(=O)c1ccc(C)cc1. The average Bonchev–Trinajstić information content (AvgIpc) is 2.91. The van der Waals surface area contributed by atoms with E-state index in [1.165, 1.54) is 12.1 Å². The summed E-state index contributed by atoms with van der Waals surface area (Å²) in [5.74, 6) is -0.618. The van der Waals surface area contributed by atoms with Crippen molar-refractivity contribution in [2.24, 2.45) is 0 Å². The predicted octanol–water partition coefficient (Wildman–Crippen LogP) is 4.26. The van der Waals surface area contributed by atoms with Crippen LogP contribution in [0, 0.1) is 6.92 Å². The summed E-state index contributed by atoms with van der Waals surface area (Å²) in [7, 11) is -7.16. The second-order valence-electron chi connectivity index (χ2n) is 10.6. The van der Waals surface area contributed by atoms with Crippen LogP contribution in [0.1, 0.15) is 46.1 Å². The summed E-state index contributed by atoms with van der Waals surface area (Å²) in [6, 6.07) is 24.9. The van der Waals surface area contributed by atoms with Crippen LogP contribution in [0.25, 0.3) is 5.53 Å². The number of hydrogen-bond acceptors (Lipinski definition) is 4. The number of aryl methyl sites for hydroxylation is 1. The number of carbonyl (C=O) groups is 1. The monoisotopic (exact) mass is 563 g/mol. The predicted molar refractivity (Wildman–Crippen MR) is 157 cm³/mol. The van der Waals surface area contributed by atoms with Gasteiger partial charge in [0.25, 0.3) is 14.1 Å². The summed E-state index contributed by atoms with van der Waals surface area (Å²) in [5.41, 5.74) is 10.4. The Labute approximate surface area is 233 Å². The van der Waals surface area contributed by atoms with E-state index in [1.807, 2.05) is 74.5 Å². The molecule has 0 aliphatic rings. The van der Waals surface area contributed by atoms with Crippen molar-refractivity contribution in [1.29, 1.82) is 0 Å². The fourth-order valence-corrected chi connectivity index (χ4v) is 10.5. The first-order valence-electron chi connectivity index (χ1n) is 13.1. The van der Waals surface area contributed by atoms with Crippen LogP contribution in [0.15, 0.2) is 89.8 Å². The molecule has 3 aromatic rings. The molecule has 0 bridgehead atoms. The van der Waals surface area contributed by atoms with Crippen molar-refractivity contribution in [2.75, 3.05) is 6.61 Å². The molecule has 3 aromatic carbocycles. The molecule has 0 unspecified atom stereocenters. The maximum Gasteiger partial charge on any atom is 0.336 e. The molecule has 0 aliphatic heterocycles. The fourth-order valence-electron chi connectivity index (χ4n) is 4.77. The van der Waals surface area contributed by atoms with Crippen molar-refractivity contribution in [3.63, 3.8) is 0 Å². The highest BCUT2D eigenvalue weighted by atomic mass is 32.2. The molecule has 206 valence electrons. The number of rotatable bonds is 12. The van der Waals surface area contributed by atoms with Crippen molar-refractivity contribution < 1.29 is 22.4 Å². The molecular formula is C30H37N3O4SSi. The van der Waals surface area contributed by atoms with Gasteiger partial charge in [0.15, 0.2) is 0 Å². The van der Waals surface area contributed by atoms with Gasteiger partial charge in [-0.3, -0.25) is 4.79 Å². The zero-order valence-corrected chi connectivity index (χ0v) is 25.0. The van der Waals surface area contributed by atoms with E-state index >= 15 is 0 Å². The Balaban J connectivity index is 2.11. The molecule has 0 aromatic heterocycles. The van der Waals surface area contributed by atoms with Crippen molar-refractivity contribution >= 4 is 40.2 Å². The summed E-state index contributed by atoms with van der Waals surface area (Å²) < 4.78 is 36.2. The minimum absolute atomic E-state index is 0.0364. The molecule has 39 heavy (non-hydrogen) atoms.